The Bertz CT molecular complexity index is 1140. The molecule has 1 aromatic carbocycles. The number of nitrogens with zero attached hydrogens (tertiary/aromatic N) is 2. The SMILES string of the molecule is C=C(/C=C1/CC(C(=O)N2CCc3ccc(S(N)(=O)=O)cc32)CC1=C)C1=NC=CCC1. The second kappa shape index (κ2) is 7.81. The molecule has 156 valence electrons. The molecule has 30 heavy (non-hydrogen) atoms. The van der Waals surface area contributed by atoms with Gasteiger partial charge in [0.15, 0.2) is 0 Å². The smallest absolute Gasteiger partial charge is 0.238 e. The molecule has 4 rings (SSSR count). The van der Waals surface area contributed by atoms with Crippen LogP contribution in [0.15, 0.2) is 76.3 Å². The molecule has 0 bridgehead atoms. The number of primary sulfonamides is 1. The Morgan fingerprint density at radius 2 is 2.07 bits per heavy atom. The van der Waals surface area contributed by atoms with Crippen LogP contribution < -0.4 is 10.0 Å². The Morgan fingerprint density at radius 1 is 1.27 bits per heavy atom. The van der Waals surface area contributed by atoms with E-state index in [1.54, 1.807) is 17.2 Å². The molecule has 2 heterocycles. The maximum absolute atomic E-state index is 13.3. The number of fused-ring (bicyclic) bond motifs is 1. The molecule has 1 fully saturated rings. The highest BCUT2D eigenvalue weighted by Crippen LogP contribution is 2.39. The number of hydrogen-bond donors (Lipinski definition) is 1. The third-order valence-corrected chi connectivity index (χ3v) is 6.82. The minimum atomic E-state index is -3.82. The van der Waals surface area contributed by atoms with Gasteiger partial charge in [0.05, 0.1) is 4.90 Å². The van der Waals surface area contributed by atoms with Crippen LogP contribution in [0, 0.1) is 5.92 Å². The minimum Gasteiger partial charge on any atom is -0.312 e. The fourth-order valence-corrected chi connectivity index (χ4v) is 4.80. The van der Waals surface area contributed by atoms with E-state index in [1.165, 1.54) is 12.1 Å². The summed E-state index contributed by atoms with van der Waals surface area (Å²) in [5.74, 6) is -0.220. The number of allylic oxidation sites excluding steroid dienone is 5. The first kappa shape index (κ1) is 20.5. The molecule has 6 nitrogen and oxygen atoms in total. The van der Waals surface area contributed by atoms with Gasteiger partial charge in [0.25, 0.3) is 0 Å². The number of benzene rings is 1. The number of sulfonamides is 1. The molecule has 1 aromatic rings. The monoisotopic (exact) mass is 423 g/mol. The molecule has 3 aliphatic rings. The van der Waals surface area contributed by atoms with E-state index in [0.29, 0.717) is 31.5 Å². The van der Waals surface area contributed by atoms with Crippen molar-refractivity contribution in [2.45, 2.75) is 37.0 Å². The first-order chi connectivity index (χ1) is 14.2. The molecule has 1 unspecified atom stereocenters. The molecule has 0 aromatic heterocycles. The molecule has 0 saturated heterocycles. The predicted octanol–water partition coefficient (Wildman–Crippen LogP) is 3.42. The summed E-state index contributed by atoms with van der Waals surface area (Å²) < 4.78 is 23.4. The van der Waals surface area contributed by atoms with Crippen LogP contribution in [0.3, 0.4) is 0 Å². The lowest BCUT2D eigenvalue weighted by atomic mass is 10.0. The van der Waals surface area contributed by atoms with Crippen molar-refractivity contribution in [2.24, 2.45) is 16.0 Å². The molecule has 2 N–H and O–H groups in total. The fraction of sp³-hybridized carbons (Fsp3) is 0.304. The number of carbonyl (C=O) groups is 1. The zero-order chi connectivity index (χ0) is 21.5. The number of nitrogens with two attached hydrogens (primary N) is 1. The first-order valence-corrected chi connectivity index (χ1v) is 11.6. The zero-order valence-corrected chi connectivity index (χ0v) is 17.6. The molecule has 1 aliphatic carbocycles. The average molecular weight is 424 g/mol. The number of hydrogen-bond acceptors (Lipinski definition) is 4. The Kier molecular flexibility index (Phi) is 5.34. The minimum absolute atomic E-state index is 0.00609. The second-order valence-electron chi connectivity index (χ2n) is 7.98. The lowest BCUT2D eigenvalue weighted by molar-refractivity contribution is -0.121. The number of carbonyl (C=O) groups excluding carboxylic acids is 1. The quantitative estimate of drug-likeness (QED) is 0.804. The normalized spacial score (nSPS) is 22.4. The summed E-state index contributed by atoms with van der Waals surface area (Å²) >= 11 is 0. The van der Waals surface area contributed by atoms with Gasteiger partial charge < -0.3 is 4.90 Å². The zero-order valence-electron chi connectivity index (χ0n) is 16.8. The summed E-state index contributed by atoms with van der Waals surface area (Å²) in [6.45, 7) is 8.84. The Hall–Kier alpha value is -2.77. The van der Waals surface area contributed by atoms with Gasteiger partial charge in [-0.2, -0.15) is 0 Å². The van der Waals surface area contributed by atoms with Gasteiger partial charge in [0.2, 0.25) is 15.9 Å². The third-order valence-electron chi connectivity index (χ3n) is 5.91. The van der Waals surface area contributed by atoms with Crippen LogP contribution in [-0.2, 0) is 21.2 Å². The molecular weight excluding hydrogens is 398 g/mol. The molecule has 0 radical (unpaired) electrons. The lowest BCUT2D eigenvalue weighted by Gasteiger charge is -2.21. The van der Waals surface area contributed by atoms with Crippen LogP contribution in [0.1, 0.15) is 31.2 Å². The second-order valence-corrected chi connectivity index (χ2v) is 9.54. The van der Waals surface area contributed by atoms with Crippen molar-refractivity contribution in [3.05, 3.63) is 72.0 Å². The highest BCUT2D eigenvalue weighted by molar-refractivity contribution is 7.89. The van der Waals surface area contributed by atoms with Gasteiger partial charge in [-0.05, 0) is 60.9 Å². The Balaban J connectivity index is 1.53. The topological polar surface area (TPSA) is 92.8 Å². The molecular formula is C23H25N3O3S. The highest BCUT2D eigenvalue weighted by atomic mass is 32.2. The van der Waals surface area contributed by atoms with E-state index in [4.69, 9.17) is 5.14 Å². The molecule has 1 saturated carbocycles. The van der Waals surface area contributed by atoms with Crippen LogP contribution in [0.2, 0.25) is 0 Å². The number of aliphatic imine (C=N–C) groups is 1. The van der Waals surface area contributed by atoms with Crippen molar-refractivity contribution in [3.8, 4) is 0 Å². The summed E-state index contributed by atoms with van der Waals surface area (Å²) in [5, 5.41) is 5.27. The van der Waals surface area contributed by atoms with E-state index in [0.717, 1.165) is 40.8 Å². The Morgan fingerprint density at radius 3 is 2.77 bits per heavy atom. The van der Waals surface area contributed by atoms with Crippen LogP contribution in [0.5, 0.6) is 0 Å². The molecule has 1 atom stereocenters. The van der Waals surface area contributed by atoms with Crippen molar-refractivity contribution in [2.75, 3.05) is 11.4 Å². The lowest BCUT2D eigenvalue weighted by Crippen LogP contribution is -2.34. The van der Waals surface area contributed by atoms with E-state index in [2.05, 4.69) is 18.2 Å². The molecule has 7 heteroatoms. The molecule has 2 aliphatic heterocycles. The molecule has 0 spiro atoms. The van der Waals surface area contributed by atoms with Crippen molar-refractivity contribution in [1.29, 1.82) is 0 Å². The van der Waals surface area contributed by atoms with Crippen molar-refractivity contribution >= 4 is 27.3 Å². The highest BCUT2D eigenvalue weighted by Gasteiger charge is 2.35. The maximum Gasteiger partial charge on any atom is 0.238 e. The van der Waals surface area contributed by atoms with E-state index in [9.17, 15) is 13.2 Å². The van der Waals surface area contributed by atoms with Crippen molar-refractivity contribution in [3.63, 3.8) is 0 Å². The van der Waals surface area contributed by atoms with Crippen LogP contribution in [-0.4, -0.2) is 26.6 Å². The van der Waals surface area contributed by atoms with Crippen LogP contribution >= 0.6 is 0 Å². The summed E-state index contributed by atoms with van der Waals surface area (Å²) in [7, 11) is -3.82. The van der Waals surface area contributed by atoms with E-state index in [-0.39, 0.29) is 16.7 Å². The first-order valence-electron chi connectivity index (χ1n) is 10.0. The van der Waals surface area contributed by atoms with Gasteiger partial charge in [0.1, 0.15) is 0 Å². The number of amides is 1. The third kappa shape index (κ3) is 3.95. The average Bonchev–Trinajstić information content (AvgIpc) is 3.30. The summed E-state index contributed by atoms with van der Waals surface area (Å²) in [5.41, 5.74) is 5.42. The summed E-state index contributed by atoms with van der Waals surface area (Å²) in [6, 6.07) is 4.74. The summed E-state index contributed by atoms with van der Waals surface area (Å²) in [4.78, 5) is 19.4. The van der Waals surface area contributed by atoms with Gasteiger partial charge in [-0.25, -0.2) is 13.6 Å². The van der Waals surface area contributed by atoms with Gasteiger partial charge in [-0.3, -0.25) is 9.79 Å². The van der Waals surface area contributed by atoms with Gasteiger partial charge in [-0.1, -0.05) is 36.9 Å². The van der Waals surface area contributed by atoms with E-state index >= 15 is 0 Å². The molecule has 1 amide bonds. The van der Waals surface area contributed by atoms with Crippen molar-refractivity contribution < 1.29 is 13.2 Å². The maximum atomic E-state index is 13.3. The van der Waals surface area contributed by atoms with Gasteiger partial charge >= 0.3 is 0 Å². The largest absolute Gasteiger partial charge is 0.312 e. The van der Waals surface area contributed by atoms with Crippen molar-refractivity contribution in [1.82, 2.24) is 0 Å². The van der Waals surface area contributed by atoms with Gasteiger partial charge in [0, 0.05) is 30.1 Å². The fourth-order valence-electron chi connectivity index (χ4n) is 4.27. The predicted molar refractivity (Wildman–Crippen MR) is 119 cm³/mol. The van der Waals surface area contributed by atoms with Crippen LogP contribution in [0.4, 0.5) is 5.69 Å². The summed E-state index contributed by atoms with van der Waals surface area (Å²) in [6.07, 6.45) is 9.55. The number of anilines is 1. The number of rotatable bonds is 4. The van der Waals surface area contributed by atoms with Gasteiger partial charge in [-0.15, -0.1) is 0 Å². The standard InChI is InChI=1S/C23H25N3O3S/c1-15-11-19(13-18(15)12-16(2)21-5-3-4-9-25-21)23(27)26-10-8-17-6-7-20(14-22(17)26)30(24,28)29/h4,6-7,9,12,14,19H,1-3,5,8,10-11,13H2,(H2,24,28,29)/b18-12-. The van der Waals surface area contributed by atoms with E-state index < -0.39 is 10.0 Å². The Labute approximate surface area is 177 Å². The van der Waals surface area contributed by atoms with E-state index in [1.807, 2.05) is 12.2 Å². The van der Waals surface area contributed by atoms with Crippen LogP contribution in [0.25, 0.3) is 0 Å².